The van der Waals surface area contributed by atoms with Crippen molar-refractivity contribution in [3.05, 3.63) is 77.4 Å². The van der Waals surface area contributed by atoms with Crippen LogP contribution in [0.3, 0.4) is 0 Å². The number of ether oxygens (including phenoxy) is 3. The van der Waals surface area contributed by atoms with Gasteiger partial charge in [0.2, 0.25) is 0 Å². The van der Waals surface area contributed by atoms with E-state index in [-0.39, 0.29) is 5.60 Å². The number of benzene rings is 2. The summed E-state index contributed by atoms with van der Waals surface area (Å²) in [7, 11) is 1.81. The summed E-state index contributed by atoms with van der Waals surface area (Å²) in [4.78, 5) is 6.87. The van der Waals surface area contributed by atoms with E-state index in [1.54, 1.807) is 0 Å². The van der Waals surface area contributed by atoms with Crippen LogP contribution in [-0.4, -0.2) is 53.5 Å². The van der Waals surface area contributed by atoms with Gasteiger partial charge in [0.25, 0.3) is 0 Å². The van der Waals surface area contributed by atoms with Crippen LogP contribution in [-0.2, 0) is 24.2 Å². The van der Waals surface area contributed by atoms with Crippen LogP contribution in [0.4, 0.5) is 0 Å². The lowest BCUT2D eigenvalue weighted by Gasteiger charge is -2.40. The van der Waals surface area contributed by atoms with Crippen molar-refractivity contribution in [2.45, 2.75) is 58.7 Å². The lowest BCUT2D eigenvalue weighted by atomic mass is 9.91. The van der Waals surface area contributed by atoms with E-state index in [2.05, 4.69) is 71.6 Å². The molecule has 35 heavy (non-hydrogen) atoms. The summed E-state index contributed by atoms with van der Waals surface area (Å²) in [6, 6.07) is 14.8. The molecule has 1 aliphatic rings. The number of hydrogen-bond donors (Lipinski definition) is 0. The Balaban J connectivity index is 1.26. The Morgan fingerprint density at radius 1 is 1.03 bits per heavy atom. The third kappa shape index (κ3) is 6.65. The maximum Gasteiger partial charge on any atom is 0.122 e. The van der Waals surface area contributed by atoms with Crippen LogP contribution in [0.25, 0.3) is 0 Å². The smallest absolute Gasteiger partial charge is 0.122 e. The van der Waals surface area contributed by atoms with Crippen LogP contribution in [0.1, 0.15) is 42.3 Å². The summed E-state index contributed by atoms with van der Waals surface area (Å²) < 4.78 is 20.4. The number of hydrogen-bond acceptors (Lipinski definition) is 5. The largest absolute Gasteiger partial charge is 0.492 e. The number of nitrogens with zero attached hydrogens (tertiary/aromatic N) is 3. The molecular weight excluding hydrogens is 438 g/mol. The SMILES string of the molecule is CCc1nccn1CCOc1cccc(CN2CCC(COc3ccc(C)cc3C)(OC)CC2)c1. The first-order valence-electron chi connectivity index (χ1n) is 12.7. The van der Waals surface area contributed by atoms with E-state index in [0.29, 0.717) is 13.2 Å². The molecule has 0 amide bonds. The van der Waals surface area contributed by atoms with Gasteiger partial charge in [0.05, 0.1) is 6.54 Å². The van der Waals surface area contributed by atoms with E-state index < -0.39 is 0 Å². The highest BCUT2D eigenvalue weighted by atomic mass is 16.5. The molecule has 1 aliphatic heterocycles. The van der Waals surface area contributed by atoms with Gasteiger partial charge in [-0.25, -0.2) is 4.98 Å². The number of aromatic nitrogens is 2. The first-order valence-corrected chi connectivity index (χ1v) is 12.7. The molecule has 6 nitrogen and oxygen atoms in total. The molecule has 2 aromatic carbocycles. The van der Waals surface area contributed by atoms with Gasteiger partial charge in [-0.1, -0.05) is 36.8 Å². The zero-order valence-electron chi connectivity index (χ0n) is 21.6. The third-order valence-corrected chi connectivity index (χ3v) is 7.04. The van der Waals surface area contributed by atoms with Gasteiger partial charge in [-0.3, -0.25) is 4.90 Å². The molecule has 0 saturated carbocycles. The molecule has 4 rings (SSSR count). The summed E-state index contributed by atoms with van der Waals surface area (Å²) >= 11 is 0. The number of piperidine rings is 1. The van der Waals surface area contributed by atoms with Crippen molar-refractivity contribution in [1.82, 2.24) is 14.5 Å². The van der Waals surface area contributed by atoms with Crippen molar-refractivity contribution >= 4 is 0 Å². The second-order valence-corrected chi connectivity index (χ2v) is 9.61. The minimum Gasteiger partial charge on any atom is -0.492 e. The molecule has 1 aromatic heterocycles. The normalized spacial score (nSPS) is 15.8. The zero-order chi connectivity index (χ0) is 24.7. The predicted molar refractivity (Wildman–Crippen MR) is 139 cm³/mol. The Labute approximate surface area is 209 Å². The Morgan fingerprint density at radius 3 is 2.60 bits per heavy atom. The van der Waals surface area contributed by atoms with Crippen LogP contribution in [0.15, 0.2) is 54.9 Å². The Hall–Kier alpha value is -2.83. The average molecular weight is 478 g/mol. The standard InChI is InChI=1S/C29H39N3O3/c1-5-28-30-13-16-32(28)17-18-34-26-8-6-7-25(20-26)21-31-14-11-29(33-4,12-15-31)22-35-27-10-9-23(2)19-24(27)3/h6-10,13,16,19-20H,5,11-12,14-15,17-18,21-22H2,1-4H3. The molecule has 0 N–H and O–H groups in total. The molecule has 0 radical (unpaired) electrons. The Kier molecular flexibility index (Phi) is 8.47. The molecule has 2 heterocycles. The highest BCUT2D eigenvalue weighted by Crippen LogP contribution is 2.29. The van der Waals surface area contributed by atoms with E-state index >= 15 is 0 Å². The summed E-state index contributed by atoms with van der Waals surface area (Å²) in [6.45, 7) is 11.2. The molecule has 0 spiro atoms. The van der Waals surface area contributed by atoms with Crippen molar-refractivity contribution in [1.29, 1.82) is 0 Å². The summed E-state index contributed by atoms with van der Waals surface area (Å²) in [5, 5.41) is 0. The first kappa shape index (κ1) is 25.3. The first-order chi connectivity index (χ1) is 17.0. The van der Waals surface area contributed by atoms with Gasteiger partial charge in [-0.15, -0.1) is 0 Å². The quantitative estimate of drug-likeness (QED) is 0.380. The van der Waals surface area contributed by atoms with E-state index in [0.717, 1.165) is 62.8 Å². The number of likely N-dealkylation sites (tertiary alicyclic amines) is 1. The van der Waals surface area contributed by atoms with E-state index in [1.165, 1.54) is 16.7 Å². The molecule has 0 atom stereocenters. The lowest BCUT2D eigenvalue weighted by molar-refractivity contribution is -0.0840. The minimum atomic E-state index is -0.233. The number of rotatable bonds is 11. The lowest BCUT2D eigenvalue weighted by Crippen LogP contribution is -2.48. The topological polar surface area (TPSA) is 48.8 Å². The van der Waals surface area contributed by atoms with Crippen molar-refractivity contribution in [3.63, 3.8) is 0 Å². The minimum absolute atomic E-state index is 0.233. The van der Waals surface area contributed by atoms with Gasteiger partial charge < -0.3 is 18.8 Å². The van der Waals surface area contributed by atoms with Gasteiger partial charge in [-0.2, -0.15) is 0 Å². The third-order valence-electron chi connectivity index (χ3n) is 7.04. The fourth-order valence-corrected chi connectivity index (χ4v) is 4.81. The second kappa shape index (κ2) is 11.7. The van der Waals surface area contributed by atoms with Crippen LogP contribution in [0, 0.1) is 13.8 Å². The van der Waals surface area contributed by atoms with Gasteiger partial charge in [0.15, 0.2) is 0 Å². The zero-order valence-corrected chi connectivity index (χ0v) is 21.6. The highest BCUT2D eigenvalue weighted by molar-refractivity contribution is 5.35. The van der Waals surface area contributed by atoms with E-state index in [1.807, 2.05) is 25.6 Å². The van der Waals surface area contributed by atoms with Crippen LogP contribution < -0.4 is 9.47 Å². The van der Waals surface area contributed by atoms with Crippen molar-refractivity contribution in [2.24, 2.45) is 0 Å². The van der Waals surface area contributed by atoms with Crippen molar-refractivity contribution < 1.29 is 14.2 Å². The summed E-state index contributed by atoms with van der Waals surface area (Å²) in [6.07, 6.45) is 6.71. The van der Waals surface area contributed by atoms with Crippen molar-refractivity contribution in [2.75, 3.05) is 33.4 Å². The number of methoxy groups -OCH3 is 1. The second-order valence-electron chi connectivity index (χ2n) is 9.61. The van der Waals surface area contributed by atoms with Gasteiger partial charge in [0.1, 0.15) is 36.1 Å². The maximum atomic E-state index is 6.21. The fraction of sp³-hybridized carbons (Fsp3) is 0.483. The number of aryl methyl sites for hydroxylation is 3. The average Bonchev–Trinajstić information content (AvgIpc) is 3.32. The molecule has 1 saturated heterocycles. The van der Waals surface area contributed by atoms with Gasteiger partial charge >= 0.3 is 0 Å². The molecule has 0 aliphatic carbocycles. The monoisotopic (exact) mass is 477 g/mol. The van der Waals surface area contributed by atoms with Gasteiger partial charge in [0, 0.05) is 45.6 Å². The van der Waals surface area contributed by atoms with Crippen LogP contribution >= 0.6 is 0 Å². The van der Waals surface area contributed by atoms with E-state index in [9.17, 15) is 0 Å². The molecule has 6 heteroatoms. The van der Waals surface area contributed by atoms with Gasteiger partial charge in [-0.05, 0) is 56.0 Å². The molecule has 188 valence electrons. The molecule has 0 bridgehead atoms. The Bertz CT molecular complexity index is 1090. The number of imidazole rings is 1. The maximum absolute atomic E-state index is 6.21. The Morgan fingerprint density at radius 2 is 1.86 bits per heavy atom. The fourth-order valence-electron chi connectivity index (χ4n) is 4.81. The van der Waals surface area contributed by atoms with Crippen molar-refractivity contribution in [3.8, 4) is 11.5 Å². The summed E-state index contributed by atoms with van der Waals surface area (Å²) in [5.41, 5.74) is 3.47. The molecule has 0 unspecified atom stereocenters. The highest BCUT2D eigenvalue weighted by Gasteiger charge is 2.35. The predicted octanol–water partition coefficient (Wildman–Crippen LogP) is 5.20. The van der Waals surface area contributed by atoms with Crippen LogP contribution in [0.5, 0.6) is 11.5 Å². The van der Waals surface area contributed by atoms with E-state index in [4.69, 9.17) is 14.2 Å². The molecular formula is C29H39N3O3. The van der Waals surface area contributed by atoms with Crippen LogP contribution in [0.2, 0.25) is 0 Å². The summed E-state index contributed by atoms with van der Waals surface area (Å²) in [5.74, 6) is 2.97. The molecule has 3 aromatic rings. The molecule has 1 fully saturated rings.